The fraction of sp³-hybridized carbons (Fsp3) is 0.464. The Morgan fingerprint density at radius 1 is 0.528 bits per heavy atom. The van der Waals surface area contributed by atoms with Gasteiger partial charge in [-0.2, -0.15) is 0 Å². The number of esters is 2. The topological polar surface area (TPSA) is 216 Å². The molecule has 2 saturated heterocycles. The number of nitrogens with zero attached hydrogens (tertiary/aromatic N) is 2. The Balaban J connectivity index is 0.000000239. The van der Waals surface area contributed by atoms with Crippen LogP contribution in [0.5, 0.6) is 0 Å². The average Bonchev–Trinajstić information content (AvgIpc) is 4.11. The molecule has 72 heavy (non-hydrogen) atoms. The minimum atomic E-state index is -0.987. The Hall–Kier alpha value is -6.46. The number of hydrogen-bond donors (Lipinski definition) is 6. The number of hydrogen-bond acceptors (Lipinski definition) is 12. The Labute approximate surface area is 425 Å². The summed E-state index contributed by atoms with van der Waals surface area (Å²) in [6.45, 7) is 12.0. The summed E-state index contributed by atoms with van der Waals surface area (Å²) in [5.41, 5.74) is 4.86. The number of carbonyl (C=O) groups excluding carboxylic acids is 4. The molecule has 4 aromatic carbocycles. The highest BCUT2D eigenvalue weighted by molar-refractivity contribution is 5.89. The third kappa shape index (κ3) is 20.3. The van der Waals surface area contributed by atoms with Crippen molar-refractivity contribution in [3.63, 3.8) is 0 Å². The summed E-state index contributed by atoms with van der Waals surface area (Å²) in [5.74, 6) is -3.37. The molecule has 2 fully saturated rings. The van der Waals surface area contributed by atoms with Gasteiger partial charge in [0.05, 0.1) is 25.3 Å². The van der Waals surface area contributed by atoms with Gasteiger partial charge in [0, 0.05) is 39.3 Å². The lowest BCUT2D eigenvalue weighted by Gasteiger charge is -2.27. The number of likely N-dealkylation sites (tertiary alicyclic amines) is 2. The second-order valence-electron chi connectivity index (χ2n) is 17.8. The molecule has 2 aliphatic rings. The first kappa shape index (κ1) is 58.1. The van der Waals surface area contributed by atoms with E-state index in [1.54, 1.807) is 27.7 Å². The Morgan fingerprint density at radius 3 is 1.15 bits per heavy atom. The van der Waals surface area contributed by atoms with Crippen LogP contribution in [0.1, 0.15) is 88.5 Å². The number of aliphatic carboxylic acids is 2. The Morgan fingerprint density at radius 2 is 0.847 bits per heavy atom. The number of benzene rings is 4. The van der Waals surface area contributed by atoms with Crippen molar-refractivity contribution in [2.45, 2.75) is 128 Å². The molecule has 0 radical (unpaired) electrons. The van der Waals surface area contributed by atoms with Gasteiger partial charge in [-0.1, -0.05) is 121 Å². The first-order chi connectivity index (χ1) is 34.8. The van der Waals surface area contributed by atoms with E-state index in [4.69, 9.17) is 9.47 Å². The van der Waals surface area contributed by atoms with Crippen LogP contribution in [0.3, 0.4) is 0 Å². The number of carboxylic acids is 2. The number of rotatable bonds is 25. The summed E-state index contributed by atoms with van der Waals surface area (Å²) < 4.78 is 10.3. The number of carbonyl (C=O) groups is 6. The van der Waals surface area contributed by atoms with Crippen molar-refractivity contribution in [3.05, 3.63) is 144 Å². The van der Waals surface area contributed by atoms with E-state index in [0.29, 0.717) is 64.5 Å². The molecule has 6 atom stereocenters. The molecule has 0 saturated carbocycles. The van der Waals surface area contributed by atoms with Crippen LogP contribution in [0, 0.1) is 0 Å². The maximum atomic E-state index is 12.7. The molecule has 390 valence electrons. The van der Waals surface area contributed by atoms with E-state index in [0.717, 1.165) is 37.3 Å². The van der Waals surface area contributed by atoms with Crippen LogP contribution in [0.15, 0.2) is 121 Å². The van der Waals surface area contributed by atoms with Crippen molar-refractivity contribution in [2.24, 2.45) is 0 Å². The maximum Gasteiger partial charge on any atom is 0.326 e. The van der Waals surface area contributed by atoms with Gasteiger partial charge in [0.2, 0.25) is 11.8 Å². The SMILES string of the molecule is CCOC(=O)[C@H](CCc1ccccc1)N[C@@H](C)C(=O)N1CCC[C@H]1C(=O)O.CCOC(=O)[C@H](CCc1ccccc1)N[C@@H](C)C(=O)N1CCC[C@H]1C(=O)O.c1ccc(CNCCNCc2ccccc2)cc1. The van der Waals surface area contributed by atoms with Gasteiger partial charge in [0.15, 0.2) is 0 Å². The predicted octanol–water partition coefficient (Wildman–Crippen LogP) is 5.78. The number of carboxylic acid groups (broad SMARTS) is 2. The van der Waals surface area contributed by atoms with Gasteiger partial charge >= 0.3 is 23.9 Å². The smallest absolute Gasteiger partial charge is 0.326 e. The second-order valence-corrected chi connectivity index (χ2v) is 17.8. The lowest BCUT2D eigenvalue weighted by molar-refractivity contribution is -0.150. The summed E-state index contributed by atoms with van der Waals surface area (Å²) in [6.07, 6.45) is 4.58. The number of ether oxygens (including phenoxy) is 2. The second kappa shape index (κ2) is 32.5. The van der Waals surface area contributed by atoms with E-state index >= 15 is 0 Å². The number of amides is 2. The largest absolute Gasteiger partial charge is 0.480 e. The lowest BCUT2D eigenvalue weighted by Crippen LogP contribution is -2.53. The summed E-state index contributed by atoms with van der Waals surface area (Å²) in [7, 11) is 0. The van der Waals surface area contributed by atoms with Crippen LogP contribution in [-0.4, -0.2) is 131 Å². The first-order valence-corrected chi connectivity index (χ1v) is 25.3. The van der Waals surface area contributed by atoms with Crippen LogP contribution in [0.2, 0.25) is 0 Å². The number of aryl methyl sites for hydroxylation is 2. The summed E-state index contributed by atoms with van der Waals surface area (Å²) in [5, 5.41) is 31.5. The lowest BCUT2D eigenvalue weighted by atomic mass is 10.0. The van der Waals surface area contributed by atoms with Gasteiger partial charge in [0.25, 0.3) is 0 Å². The summed E-state index contributed by atoms with van der Waals surface area (Å²) >= 11 is 0. The van der Waals surface area contributed by atoms with Gasteiger partial charge in [-0.25, -0.2) is 9.59 Å². The van der Waals surface area contributed by atoms with Gasteiger partial charge in [0.1, 0.15) is 24.2 Å². The molecule has 4 aromatic rings. The zero-order chi connectivity index (χ0) is 52.1. The van der Waals surface area contributed by atoms with Crippen molar-refractivity contribution >= 4 is 35.7 Å². The first-order valence-electron chi connectivity index (χ1n) is 25.3. The minimum Gasteiger partial charge on any atom is -0.480 e. The van der Waals surface area contributed by atoms with Crippen molar-refractivity contribution in [2.75, 3.05) is 39.4 Å². The zero-order valence-corrected chi connectivity index (χ0v) is 42.4. The van der Waals surface area contributed by atoms with Crippen molar-refractivity contribution < 1.29 is 48.5 Å². The van der Waals surface area contributed by atoms with E-state index in [1.807, 2.05) is 72.8 Å². The molecular formula is C56H76N6O10. The molecule has 2 heterocycles. The van der Waals surface area contributed by atoms with Crippen molar-refractivity contribution in [1.82, 2.24) is 31.1 Å². The highest BCUT2D eigenvalue weighted by Crippen LogP contribution is 2.20. The van der Waals surface area contributed by atoms with Crippen molar-refractivity contribution in [3.8, 4) is 0 Å². The van der Waals surface area contributed by atoms with E-state index < -0.39 is 60.1 Å². The molecule has 2 amide bonds. The zero-order valence-electron chi connectivity index (χ0n) is 42.4. The molecule has 0 unspecified atom stereocenters. The molecule has 0 aliphatic carbocycles. The third-order valence-electron chi connectivity index (χ3n) is 12.4. The van der Waals surface area contributed by atoms with E-state index in [-0.39, 0.29) is 25.0 Å². The molecule has 6 N–H and O–H groups in total. The van der Waals surface area contributed by atoms with Gasteiger partial charge in [-0.3, -0.25) is 29.8 Å². The fourth-order valence-corrected chi connectivity index (χ4v) is 8.59. The monoisotopic (exact) mass is 993 g/mol. The molecule has 6 rings (SSSR count). The molecule has 0 aromatic heterocycles. The van der Waals surface area contributed by atoms with Gasteiger partial charge < -0.3 is 40.1 Å². The molecular weight excluding hydrogens is 917 g/mol. The molecule has 2 aliphatic heterocycles. The Bertz CT molecular complexity index is 2070. The highest BCUT2D eigenvalue weighted by atomic mass is 16.5. The van der Waals surface area contributed by atoms with Gasteiger partial charge in [-0.05, 0) is 101 Å². The predicted molar refractivity (Wildman–Crippen MR) is 277 cm³/mol. The van der Waals surface area contributed by atoms with Gasteiger partial charge in [-0.15, -0.1) is 0 Å². The van der Waals surface area contributed by atoms with E-state index in [9.17, 15) is 39.0 Å². The molecule has 16 heteroatoms. The summed E-state index contributed by atoms with van der Waals surface area (Å²) in [4.78, 5) is 75.4. The normalized spacial score (nSPS) is 16.7. The van der Waals surface area contributed by atoms with E-state index in [2.05, 4.69) is 69.8 Å². The van der Waals surface area contributed by atoms with Crippen LogP contribution in [0.25, 0.3) is 0 Å². The van der Waals surface area contributed by atoms with E-state index in [1.165, 1.54) is 20.9 Å². The average molecular weight is 993 g/mol. The van der Waals surface area contributed by atoms with Crippen LogP contribution in [0.4, 0.5) is 0 Å². The third-order valence-corrected chi connectivity index (χ3v) is 12.4. The number of nitrogens with one attached hydrogen (secondary N) is 4. The molecule has 0 bridgehead atoms. The standard InChI is InChI=1S/2C20H28N2O5.C16H20N2/c2*1-3-27-20(26)16(12-11-15-8-5-4-6-9-15)21-14(2)18(23)22-13-7-10-17(22)19(24)25;1-3-7-15(8-4-1)13-17-11-12-18-14-16-9-5-2-6-10-16/h2*4-6,8-9,14,16-17,21H,3,7,10-13H2,1-2H3,(H,24,25);1-10,17-18H,11-14H2/t2*14-,16-,17-;/m00./s1. The Kier molecular flexibility index (Phi) is 26.2. The quantitative estimate of drug-likeness (QED) is 0.0343. The molecule has 0 spiro atoms. The molecule has 16 nitrogen and oxygen atoms in total. The maximum absolute atomic E-state index is 12.7. The highest BCUT2D eigenvalue weighted by Gasteiger charge is 2.38. The minimum absolute atomic E-state index is 0.262. The van der Waals surface area contributed by atoms with Crippen LogP contribution in [-0.2, 0) is 64.2 Å². The van der Waals surface area contributed by atoms with Crippen LogP contribution >= 0.6 is 0 Å². The van der Waals surface area contributed by atoms with Crippen LogP contribution < -0.4 is 21.3 Å². The summed E-state index contributed by atoms with van der Waals surface area (Å²) in [6, 6.07) is 36.3. The van der Waals surface area contributed by atoms with Crippen molar-refractivity contribution in [1.29, 1.82) is 0 Å². The fourth-order valence-electron chi connectivity index (χ4n) is 8.59.